The molecule has 1 aromatic rings. The van der Waals surface area contributed by atoms with Gasteiger partial charge in [0.25, 0.3) is 5.92 Å². The van der Waals surface area contributed by atoms with Gasteiger partial charge in [-0.15, -0.1) is 0 Å². The van der Waals surface area contributed by atoms with E-state index >= 15 is 0 Å². The Bertz CT molecular complexity index is 740. The van der Waals surface area contributed by atoms with Crippen molar-refractivity contribution >= 4 is 16.0 Å². The van der Waals surface area contributed by atoms with Crippen molar-refractivity contribution in [2.24, 2.45) is 0 Å². The summed E-state index contributed by atoms with van der Waals surface area (Å²) < 4.78 is 60.1. The van der Waals surface area contributed by atoms with E-state index in [1.54, 1.807) is 24.3 Å². The number of halogens is 2. The fourth-order valence-corrected chi connectivity index (χ4v) is 4.19. The van der Waals surface area contributed by atoms with Crippen molar-refractivity contribution in [3.63, 3.8) is 0 Å². The lowest BCUT2D eigenvalue weighted by atomic mass is 10.0. The van der Waals surface area contributed by atoms with Gasteiger partial charge in [-0.25, -0.2) is 17.2 Å². The van der Waals surface area contributed by atoms with Crippen molar-refractivity contribution in [2.75, 3.05) is 19.4 Å². The number of alkyl halides is 2. The van der Waals surface area contributed by atoms with Gasteiger partial charge in [-0.05, 0) is 24.6 Å². The number of carboxylic acids is 1. The Morgan fingerprint density at radius 3 is 2.50 bits per heavy atom. The van der Waals surface area contributed by atoms with Crippen LogP contribution in [-0.2, 0) is 21.4 Å². The van der Waals surface area contributed by atoms with E-state index in [1.807, 2.05) is 0 Å². The number of carbonyl (C=O) groups is 1. The molecule has 0 amide bonds. The van der Waals surface area contributed by atoms with Crippen LogP contribution in [0, 0.1) is 0 Å². The highest BCUT2D eigenvalue weighted by Gasteiger charge is 2.57. The molecule has 10 heteroatoms. The van der Waals surface area contributed by atoms with E-state index in [-0.39, 0.29) is 18.8 Å². The average Bonchev–Trinajstić information content (AvgIpc) is 2.87. The number of benzene rings is 1. The first-order valence-electron chi connectivity index (χ1n) is 8.07. The summed E-state index contributed by atoms with van der Waals surface area (Å²) in [6.07, 6.45) is -0.786. The summed E-state index contributed by atoms with van der Waals surface area (Å²) in [6.45, 7) is 0.827. The predicted molar refractivity (Wildman–Crippen MR) is 90.8 cm³/mol. The molecule has 1 saturated heterocycles. The molecule has 1 aliphatic heterocycles. The van der Waals surface area contributed by atoms with Crippen molar-refractivity contribution in [2.45, 2.75) is 37.9 Å². The molecule has 1 fully saturated rings. The van der Waals surface area contributed by atoms with Crippen LogP contribution in [0.2, 0.25) is 0 Å². The van der Waals surface area contributed by atoms with Crippen LogP contribution in [0.1, 0.15) is 18.9 Å². The first-order valence-corrected chi connectivity index (χ1v) is 9.68. The van der Waals surface area contributed by atoms with Crippen LogP contribution in [0.15, 0.2) is 24.3 Å². The Morgan fingerprint density at radius 1 is 1.38 bits per heavy atom. The number of methoxy groups -OCH3 is 1. The van der Waals surface area contributed by atoms with Crippen LogP contribution in [0.3, 0.4) is 0 Å². The molecular weight excluding hydrogens is 370 g/mol. The summed E-state index contributed by atoms with van der Waals surface area (Å²) in [5, 5.41) is 11.3. The summed E-state index contributed by atoms with van der Waals surface area (Å²) in [6, 6.07) is 3.17. The molecule has 26 heavy (non-hydrogen) atoms. The van der Waals surface area contributed by atoms with E-state index in [1.165, 1.54) is 14.0 Å². The molecule has 7 nitrogen and oxygen atoms in total. The SMILES string of the molecule is CCS(=O)(=O)N(Cc1ccc(OC)cc1)[C@@H]1CN[C@H](CC(=O)O)C1(F)F. The molecule has 0 spiro atoms. The average molecular weight is 392 g/mol. The van der Waals surface area contributed by atoms with Crippen LogP contribution >= 0.6 is 0 Å². The highest BCUT2D eigenvalue weighted by Crippen LogP contribution is 2.35. The fraction of sp³-hybridized carbons (Fsp3) is 0.562. The topological polar surface area (TPSA) is 95.9 Å². The second-order valence-corrected chi connectivity index (χ2v) is 8.25. The van der Waals surface area contributed by atoms with Crippen LogP contribution in [0.4, 0.5) is 8.78 Å². The number of rotatable bonds is 8. The normalized spacial score (nSPS) is 22.5. The van der Waals surface area contributed by atoms with Gasteiger partial charge in [0.1, 0.15) is 11.8 Å². The number of hydrogen-bond donors (Lipinski definition) is 2. The van der Waals surface area contributed by atoms with Crippen molar-refractivity contribution < 1.29 is 31.8 Å². The van der Waals surface area contributed by atoms with Crippen LogP contribution in [-0.4, -0.2) is 61.2 Å². The lowest BCUT2D eigenvalue weighted by molar-refractivity contribution is -0.140. The Morgan fingerprint density at radius 2 is 2.00 bits per heavy atom. The summed E-state index contributed by atoms with van der Waals surface area (Å²) in [5.41, 5.74) is 0.528. The van der Waals surface area contributed by atoms with E-state index < -0.39 is 40.4 Å². The zero-order valence-electron chi connectivity index (χ0n) is 14.5. The number of ether oxygens (including phenoxy) is 1. The first kappa shape index (κ1) is 20.5. The summed E-state index contributed by atoms with van der Waals surface area (Å²) >= 11 is 0. The summed E-state index contributed by atoms with van der Waals surface area (Å²) in [4.78, 5) is 10.8. The van der Waals surface area contributed by atoms with Gasteiger partial charge in [0, 0.05) is 13.1 Å². The Labute approximate surface area is 151 Å². The molecular formula is C16H22F2N2O5S. The number of sulfonamides is 1. The molecule has 0 aromatic heterocycles. The number of hydrogen-bond acceptors (Lipinski definition) is 5. The third kappa shape index (κ3) is 4.30. The lowest BCUT2D eigenvalue weighted by Crippen LogP contribution is -2.52. The Hall–Kier alpha value is -1.78. The molecule has 2 N–H and O–H groups in total. The third-order valence-corrected chi connectivity index (χ3v) is 6.24. The molecule has 1 heterocycles. The molecule has 1 aliphatic rings. The summed E-state index contributed by atoms with van der Waals surface area (Å²) in [7, 11) is -2.46. The monoisotopic (exact) mass is 392 g/mol. The van der Waals surface area contributed by atoms with E-state index in [0.29, 0.717) is 11.3 Å². The maximum absolute atomic E-state index is 14.7. The van der Waals surface area contributed by atoms with Gasteiger partial charge in [0.15, 0.2) is 0 Å². The number of nitrogens with zero attached hydrogens (tertiary/aromatic N) is 1. The van der Waals surface area contributed by atoms with Crippen molar-refractivity contribution in [1.82, 2.24) is 9.62 Å². The highest BCUT2D eigenvalue weighted by molar-refractivity contribution is 7.89. The van der Waals surface area contributed by atoms with Gasteiger partial charge in [-0.3, -0.25) is 4.79 Å². The molecule has 2 rings (SSSR count). The number of nitrogens with one attached hydrogen (secondary N) is 1. The molecule has 0 bridgehead atoms. The zero-order chi connectivity index (χ0) is 19.5. The van der Waals surface area contributed by atoms with E-state index in [4.69, 9.17) is 9.84 Å². The van der Waals surface area contributed by atoms with Gasteiger partial charge in [0.05, 0.1) is 25.3 Å². The second kappa shape index (κ2) is 7.85. The minimum absolute atomic E-state index is 0.234. The molecule has 0 radical (unpaired) electrons. The van der Waals surface area contributed by atoms with Gasteiger partial charge < -0.3 is 15.2 Å². The van der Waals surface area contributed by atoms with Crippen molar-refractivity contribution in [1.29, 1.82) is 0 Å². The molecule has 0 saturated carbocycles. The Kier molecular flexibility index (Phi) is 6.20. The quantitative estimate of drug-likeness (QED) is 0.692. The maximum atomic E-state index is 14.7. The molecule has 0 unspecified atom stereocenters. The van der Waals surface area contributed by atoms with Gasteiger partial charge in [-0.2, -0.15) is 4.31 Å². The van der Waals surface area contributed by atoms with Crippen molar-refractivity contribution in [3.05, 3.63) is 29.8 Å². The molecule has 146 valence electrons. The lowest BCUT2D eigenvalue weighted by Gasteiger charge is -2.32. The van der Waals surface area contributed by atoms with E-state index in [9.17, 15) is 22.0 Å². The largest absolute Gasteiger partial charge is 0.497 e. The highest BCUT2D eigenvalue weighted by atomic mass is 32.2. The van der Waals surface area contributed by atoms with Crippen LogP contribution in [0.25, 0.3) is 0 Å². The molecule has 2 atom stereocenters. The molecule has 0 aliphatic carbocycles. The molecule has 1 aromatic carbocycles. The number of aliphatic carboxylic acids is 1. The van der Waals surface area contributed by atoms with Crippen LogP contribution in [0.5, 0.6) is 5.75 Å². The predicted octanol–water partition coefficient (Wildman–Crippen LogP) is 1.30. The van der Waals surface area contributed by atoms with Crippen LogP contribution < -0.4 is 10.1 Å². The van der Waals surface area contributed by atoms with Gasteiger partial charge >= 0.3 is 5.97 Å². The maximum Gasteiger partial charge on any atom is 0.305 e. The van der Waals surface area contributed by atoms with Crippen molar-refractivity contribution in [3.8, 4) is 5.75 Å². The summed E-state index contributed by atoms with van der Waals surface area (Å²) in [5.74, 6) is -4.65. The number of carboxylic acid groups (broad SMARTS) is 1. The standard InChI is InChI=1S/C16H22F2N2O5S/c1-3-26(23,24)20(10-11-4-6-12(25-2)7-5-11)14-9-19-13(8-15(21)22)16(14,17)18/h4-7,13-14,19H,3,8-10H2,1-2H3,(H,21,22)/t13-,14-/m1/s1. The van der Waals surface area contributed by atoms with E-state index in [0.717, 1.165) is 4.31 Å². The van der Waals surface area contributed by atoms with E-state index in [2.05, 4.69) is 5.32 Å². The smallest absolute Gasteiger partial charge is 0.305 e. The van der Waals surface area contributed by atoms with Gasteiger partial charge in [0.2, 0.25) is 10.0 Å². The third-order valence-electron chi connectivity index (χ3n) is 4.41. The zero-order valence-corrected chi connectivity index (χ0v) is 15.3. The van der Waals surface area contributed by atoms with Gasteiger partial charge in [-0.1, -0.05) is 12.1 Å². The Balaban J connectivity index is 2.31. The minimum atomic E-state index is -3.95. The second-order valence-electron chi connectivity index (χ2n) is 6.04. The first-order chi connectivity index (χ1) is 12.1. The minimum Gasteiger partial charge on any atom is -0.497 e. The fourth-order valence-electron chi connectivity index (χ4n) is 2.91.